The molecule has 2 bridgehead atoms. The molecule has 200 valence electrons. The lowest BCUT2D eigenvalue weighted by molar-refractivity contribution is -0.130. The predicted molar refractivity (Wildman–Crippen MR) is 147 cm³/mol. The van der Waals surface area contributed by atoms with Gasteiger partial charge in [-0.2, -0.15) is 5.10 Å². The van der Waals surface area contributed by atoms with Crippen molar-refractivity contribution in [2.24, 2.45) is 0 Å². The molecule has 3 saturated heterocycles. The maximum atomic E-state index is 13.2. The van der Waals surface area contributed by atoms with Crippen LogP contribution in [0.15, 0.2) is 24.3 Å². The van der Waals surface area contributed by atoms with Gasteiger partial charge in [-0.3, -0.25) is 24.1 Å². The van der Waals surface area contributed by atoms with Crippen molar-refractivity contribution in [3.63, 3.8) is 0 Å². The van der Waals surface area contributed by atoms with Crippen LogP contribution in [0.5, 0.6) is 0 Å². The Morgan fingerprint density at radius 3 is 2.25 bits per heavy atom. The second kappa shape index (κ2) is 12.1. The monoisotopic (exact) mass is 538 g/mol. The van der Waals surface area contributed by atoms with E-state index < -0.39 is 0 Å². The summed E-state index contributed by atoms with van der Waals surface area (Å²) in [6, 6.07) is 9.53. The molecule has 0 aliphatic carbocycles. The number of nitrogens with zero attached hydrogens (tertiary/aromatic N) is 5. The highest BCUT2D eigenvalue weighted by Gasteiger charge is 2.41. The molecular formula is C26H40Cl2N6O2. The van der Waals surface area contributed by atoms with E-state index in [9.17, 15) is 9.59 Å². The fourth-order valence-electron chi connectivity index (χ4n) is 6.20. The van der Waals surface area contributed by atoms with Crippen LogP contribution in [0.3, 0.4) is 0 Å². The molecule has 0 saturated carbocycles. The Morgan fingerprint density at radius 1 is 1.00 bits per heavy atom. The molecule has 3 atom stereocenters. The highest BCUT2D eigenvalue weighted by Crippen LogP contribution is 2.35. The molecule has 1 unspecified atom stereocenters. The minimum absolute atomic E-state index is 0. The van der Waals surface area contributed by atoms with E-state index >= 15 is 0 Å². The zero-order chi connectivity index (χ0) is 23.8. The number of hydrogen-bond acceptors (Lipinski definition) is 5. The Labute approximate surface area is 226 Å². The van der Waals surface area contributed by atoms with Crippen molar-refractivity contribution in [2.75, 3.05) is 39.3 Å². The van der Waals surface area contributed by atoms with Crippen molar-refractivity contribution in [1.82, 2.24) is 29.8 Å². The van der Waals surface area contributed by atoms with Crippen LogP contribution in [0.25, 0.3) is 10.9 Å². The third kappa shape index (κ3) is 5.82. The van der Waals surface area contributed by atoms with Gasteiger partial charge in [0.05, 0.1) is 5.52 Å². The number of carbonyl (C=O) groups is 2. The fraction of sp³-hybridized carbons (Fsp3) is 0.654. The number of benzene rings is 1. The summed E-state index contributed by atoms with van der Waals surface area (Å²) in [6.07, 6.45) is 4.48. The van der Waals surface area contributed by atoms with Crippen LogP contribution in [0, 0.1) is 0 Å². The average molecular weight is 540 g/mol. The van der Waals surface area contributed by atoms with Gasteiger partial charge in [-0.15, -0.1) is 24.8 Å². The Kier molecular flexibility index (Phi) is 9.66. The first kappa shape index (κ1) is 28.7. The third-order valence-corrected chi connectivity index (χ3v) is 8.03. The maximum Gasteiger partial charge on any atom is 0.272 e. The Balaban J connectivity index is 0.00000180. The van der Waals surface area contributed by atoms with Gasteiger partial charge in [0.1, 0.15) is 0 Å². The van der Waals surface area contributed by atoms with E-state index in [2.05, 4.69) is 34.1 Å². The summed E-state index contributed by atoms with van der Waals surface area (Å²) in [5.41, 5.74) is 1.56. The molecule has 10 heteroatoms. The van der Waals surface area contributed by atoms with Crippen molar-refractivity contribution in [3.8, 4) is 0 Å². The summed E-state index contributed by atoms with van der Waals surface area (Å²) >= 11 is 0. The van der Waals surface area contributed by atoms with E-state index in [0.717, 1.165) is 63.0 Å². The number of nitrogens with one attached hydrogen (secondary N) is 1. The zero-order valence-electron chi connectivity index (χ0n) is 21.6. The largest absolute Gasteiger partial charge is 0.348 e. The van der Waals surface area contributed by atoms with Crippen molar-refractivity contribution >= 4 is 47.5 Å². The highest BCUT2D eigenvalue weighted by molar-refractivity contribution is 6.05. The van der Waals surface area contributed by atoms with E-state index in [-0.39, 0.29) is 48.7 Å². The topological polar surface area (TPSA) is 73.7 Å². The quantitative estimate of drug-likeness (QED) is 0.610. The number of rotatable bonds is 6. The molecule has 0 spiro atoms. The van der Waals surface area contributed by atoms with Crippen LogP contribution in [-0.4, -0.2) is 93.7 Å². The van der Waals surface area contributed by atoms with Crippen LogP contribution >= 0.6 is 24.8 Å². The van der Waals surface area contributed by atoms with Crippen LogP contribution in [0.1, 0.15) is 63.0 Å². The van der Waals surface area contributed by atoms with Gasteiger partial charge in [0.2, 0.25) is 5.91 Å². The first-order valence-electron chi connectivity index (χ1n) is 12.9. The number of para-hydroxylation sites is 1. The molecule has 3 aliphatic heterocycles. The highest BCUT2D eigenvalue weighted by atomic mass is 35.5. The average Bonchev–Trinajstić information content (AvgIpc) is 3.33. The second-order valence-corrected chi connectivity index (χ2v) is 10.5. The molecule has 1 aromatic heterocycles. The first-order valence-corrected chi connectivity index (χ1v) is 12.9. The molecule has 3 fully saturated rings. The number of amides is 2. The molecule has 4 heterocycles. The number of hydrogen-bond donors (Lipinski definition) is 1. The lowest BCUT2D eigenvalue weighted by Gasteiger charge is -2.41. The normalized spacial score (nSPS) is 24.4. The molecule has 36 heavy (non-hydrogen) atoms. The van der Waals surface area contributed by atoms with Crippen LogP contribution in [-0.2, 0) is 4.79 Å². The standard InChI is InChI=1S/C26H38N6O2.2ClH/c1-18(2)32-24-7-5-4-6-23(24)25(28-32)26(34)27-20-16-21-8-9-22(17-20)31(21)15-12-29-10-13-30(14-11-29)19(3)33;;/h4-7,18,20-22H,8-17H2,1-3H3,(H,27,34);2*1H/t20?,21-,22+;;. The minimum atomic E-state index is -0.0446. The maximum absolute atomic E-state index is 13.2. The van der Waals surface area contributed by atoms with E-state index in [4.69, 9.17) is 0 Å². The Hall–Kier alpha value is -1.87. The lowest BCUT2D eigenvalue weighted by Crippen LogP contribution is -2.54. The van der Waals surface area contributed by atoms with Gasteiger partial charge < -0.3 is 10.2 Å². The predicted octanol–water partition coefficient (Wildman–Crippen LogP) is 3.35. The summed E-state index contributed by atoms with van der Waals surface area (Å²) in [7, 11) is 0. The van der Waals surface area contributed by atoms with E-state index in [0.29, 0.717) is 17.8 Å². The Bertz CT molecular complexity index is 1040. The van der Waals surface area contributed by atoms with Crippen molar-refractivity contribution in [3.05, 3.63) is 30.0 Å². The number of fused-ring (bicyclic) bond motifs is 3. The number of piperazine rings is 1. The molecule has 1 N–H and O–H groups in total. The molecule has 3 aliphatic rings. The fourth-order valence-corrected chi connectivity index (χ4v) is 6.20. The summed E-state index contributed by atoms with van der Waals surface area (Å²) in [4.78, 5) is 31.9. The minimum Gasteiger partial charge on any atom is -0.348 e. The van der Waals surface area contributed by atoms with Gasteiger partial charge >= 0.3 is 0 Å². The van der Waals surface area contributed by atoms with Crippen LogP contribution < -0.4 is 5.32 Å². The van der Waals surface area contributed by atoms with E-state index in [1.165, 1.54) is 12.8 Å². The number of piperidine rings is 1. The van der Waals surface area contributed by atoms with Gasteiger partial charge in [-0.25, -0.2) is 0 Å². The molecular weight excluding hydrogens is 499 g/mol. The number of halogens is 2. The molecule has 8 nitrogen and oxygen atoms in total. The van der Waals surface area contributed by atoms with Crippen molar-refractivity contribution < 1.29 is 9.59 Å². The molecule has 2 amide bonds. The van der Waals surface area contributed by atoms with Gasteiger partial charge in [0, 0.05) is 75.7 Å². The SMILES string of the molecule is CC(=O)N1CCN(CCN2[C@@H]3CC[C@H]2CC(NC(=O)c2nn(C(C)C)c4ccccc24)C3)CC1.Cl.Cl. The summed E-state index contributed by atoms with van der Waals surface area (Å²) < 4.78 is 1.95. The second-order valence-electron chi connectivity index (χ2n) is 10.5. The van der Waals surface area contributed by atoms with Gasteiger partial charge in [0.15, 0.2) is 5.69 Å². The lowest BCUT2D eigenvalue weighted by atomic mass is 9.97. The van der Waals surface area contributed by atoms with Crippen LogP contribution in [0.4, 0.5) is 0 Å². The molecule has 2 aromatic rings. The van der Waals surface area contributed by atoms with Gasteiger partial charge in [-0.05, 0) is 45.6 Å². The Morgan fingerprint density at radius 2 is 1.64 bits per heavy atom. The van der Waals surface area contributed by atoms with Crippen molar-refractivity contribution in [1.29, 1.82) is 0 Å². The van der Waals surface area contributed by atoms with Gasteiger partial charge in [0.25, 0.3) is 5.91 Å². The van der Waals surface area contributed by atoms with E-state index in [1.54, 1.807) is 6.92 Å². The summed E-state index contributed by atoms with van der Waals surface area (Å²) in [5.74, 6) is 0.141. The summed E-state index contributed by atoms with van der Waals surface area (Å²) in [6.45, 7) is 11.6. The molecule has 5 rings (SSSR count). The molecule has 0 radical (unpaired) electrons. The van der Waals surface area contributed by atoms with Gasteiger partial charge in [-0.1, -0.05) is 18.2 Å². The van der Waals surface area contributed by atoms with Crippen LogP contribution in [0.2, 0.25) is 0 Å². The third-order valence-electron chi connectivity index (χ3n) is 8.03. The number of carbonyl (C=O) groups excluding carboxylic acids is 2. The smallest absolute Gasteiger partial charge is 0.272 e. The van der Waals surface area contributed by atoms with E-state index in [1.807, 2.05) is 33.8 Å². The summed E-state index contributed by atoms with van der Waals surface area (Å²) in [5, 5.41) is 8.95. The molecule has 1 aromatic carbocycles. The number of aromatic nitrogens is 2. The van der Waals surface area contributed by atoms with Crippen molar-refractivity contribution in [2.45, 2.75) is 70.6 Å². The zero-order valence-corrected chi connectivity index (χ0v) is 23.2. The first-order chi connectivity index (χ1) is 16.4.